The first-order valence-electron chi connectivity index (χ1n) is 6.28. The molecule has 94 valence electrons. The minimum Gasteiger partial charge on any atom is -0.310 e. The first-order chi connectivity index (χ1) is 7.89. The van der Waals surface area contributed by atoms with Crippen LogP contribution in [0.25, 0.3) is 0 Å². The Labute approximate surface area is 101 Å². The molecular formula is C10H22N2O3Si. The molecule has 0 aliphatic carbocycles. The van der Waals surface area contributed by atoms with Crippen LogP contribution in [0.1, 0.15) is 16.6 Å². The highest BCUT2D eigenvalue weighted by Gasteiger charge is 2.45. The molecule has 1 aliphatic rings. The van der Waals surface area contributed by atoms with Gasteiger partial charge in [-0.05, 0) is 19.9 Å². The van der Waals surface area contributed by atoms with E-state index in [-0.39, 0.29) is 0 Å². The summed E-state index contributed by atoms with van der Waals surface area (Å²) in [5.74, 6) is 0. The maximum absolute atomic E-state index is 7.92. The summed E-state index contributed by atoms with van der Waals surface area (Å²) in [6.07, 6.45) is -1.77. The summed E-state index contributed by atoms with van der Waals surface area (Å²) in [5, 5.41) is 7.66. The van der Waals surface area contributed by atoms with E-state index in [4.69, 9.17) is 17.0 Å². The van der Waals surface area contributed by atoms with Gasteiger partial charge in [0.25, 0.3) is 0 Å². The topological polar surface area (TPSA) is 52.4 Å². The summed E-state index contributed by atoms with van der Waals surface area (Å²) in [6.45, 7) is 7.74. The van der Waals surface area contributed by atoms with Gasteiger partial charge in [0.1, 0.15) is 0 Å². The highest BCUT2D eigenvalue weighted by Crippen LogP contribution is 2.33. The Morgan fingerprint density at radius 3 is 2.31 bits per heavy atom. The predicted octanol–water partition coefficient (Wildman–Crippen LogP) is 2.82. The monoisotopic (exact) mass is 248 g/mol. The van der Waals surface area contributed by atoms with Gasteiger partial charge in [0.2, 0.25) is 0 Å². The molecule has 0 amide bonds. The van der Waals surface area contributed by atoms with Gasteiger partial charge in [-0.2, -0.15) is 5.11 Å². The van der Waals surface area contributed by atoms with Crippen LogP contribution in [0, 0.1) is 0 Å². The van der Waals surface area contributed by atoms with Gasteiger partial charge in [0.15, 0.2) is 5.72 Å². The molecule has 6 heteroatoms. The third-order valence-electron chi connectivity index (χ3n) is 1.85. The Balaban J connectivity index is 2.79. The van der Waals surface area contributed by atoms with Gasteiger partial charge < -0.3 is 9.47 Å². The van der Waals surface area contributed by atoms with E-state index in [0.29, 0.717) is 6.04 Å². The van der Waals surface area contributed by atoms with Crippen molar-refractivity contribution in [3.05, 3.63) is 0 Å². The number of ether oxygens (including phenoxy) is 3. The van der Waals surface area contributed by atoms with Crippen molar-refractivity contribution in [3.63, 3.8) is 0 Å². The van der Waals surface area contributed by atoms with Gasteiger partial charge in [-0.25, -0.2) is 0 Å². The molecule has 0 saturated heterocycles. The molecule has 5 nitrogen and oxygen atoms in total. The highest BCUT2D eigenvalue weighted by atomic mass is 28.3. The Bertz CT molecular complexity index is 345. The number of rotatable bonds is 5. The van der Waals surface area contributed by atoms with E-state index in [9.17, 15) is 0 Å². The molecule has 0 fully saturated rings. The van der Waals surface area contributed by atoms with Crippen molar-refractivity contribution in [1.29, 1.82) is 0 Å². The fraction of sp³-hybridized carbons (Fsp3) is 1.00. The first-order valence-corrected chi connectivity index (χ1v) is 8.99. The van der Waals surface area contributed by atoms with Crippen LogP contribution < -0.4 is 0 Å². The summed E-state index contributed by atoms with van der Waals surface area (Å²) in [5.41, 5.74) is -0.870. The molecular weight excluding hydrogens is 224 g/mol. The predicted molar refractivity (Wildman–Crippen MR) is 63.9 cm³/mol. The lowest BCUT2D eigenvalue weighted by atomic mass is 10.3. The third-order valence-corrected chi connectivity index (χ3v) is 3.06. The van der Waals surface area contributed by atoms with E-state index < -0.39 is 26.5 Å². The first kappa shape index (κ1) is 10.8. The lowest BCUT2D eigenvalue weighted by Crippen LogP contribution is -2.39. The van der Waals surface area contributed by atoms with Gasteiger partial charge in [0.05, 0.1) is 9.30 Å². The van der Waals surface area contributed by atoms with Crippen LogP contribution in [-0.4, -0.2) is 33.6 Å². The highest BCUT2D eigenvalue weighted by molar-refractivity contribution is 6.76. The van der Waals surface area contributed by atoms with Gasteiger partial charge >= 0.3 is 6.10 Å². The van der Waals surface area contributed by atoms with Crippen LogP contribution in [0.4, 0.5) is 0 Å². The zero-order valence-corrected chi connectivity index (χ0v) is 11.8. The van der Waals surface area contributed by atoms with Crippen molar-refractivity contribution >= 4 is 8.07 Å². The molecule has 0 spiro atoms. The Morgan fingerprint density at radius 2 is 1.94 bits per heavy atom. The zero-order chi connectivity index (χ0) is 14.2. The molecule has 0 saturated carbocycles. The zero-order valence-electron chi connectivity index (χ0n) is 12.8. The van der Waals surface area contributed by atoms with Crippen LogP contribution in [0.3, 0.4) is 0 Å². The van der Waals surface area contributed by atoms with E-state index in [2.05, 4.69) is 29.9 Å². The second kappa shape index (κ2) is 4.52. The minimum absolute atomic E-state index is 0.324. The molecule has 0 aromatic rings. The average Bonchev–Trinajstić information content (AvgIpc) is 2.37. The smallest absolute Gasteiger partial charge is 0.310 e. The summed E-state index contributed by atoms with van der Waals surface area (Å²) in [7, 11) is -0.277. The van der Waals surface area contributed by atoms with Crippen LogP contribution in [0.5, 0.6) is 0 Å². The molecule has 1 aliphatic heterocycles. The molecule has 0 aromatic carbocycles. The van der Waals surface area contributed by atoms with Crippen LogP contribution >= 0.6 is 0 Å². The maximum atomic E-state index is 7.92. The molecule has 0 radical (unpaired) electrons. The van der Waals surface area contributed by atoms with Crippen LogP contribution in [-0.2, 0) is 14.2 Å². The lowest BCUT2D eigenvalue weighted by Gasteiger charge is -2.26. The number of methoxy groups -OCH3 is 1. The van der Waals surface area contributed by atoms with Gasteiger partial charge in [-0.3, -0.25) is 4.74 Å². The van der Waals surface area contributed by atoms with Crippen molar-refractivity contribution in [2.75, 3.05) is 13.7 Å². The molecule has 0 aromatic heterocycles. The number of hydrogen-bond acceptors (Lipinski definition) is 5. The second-order valence-electron chi connectivity index (χ2n) is 5.46. The summed E-state index contributed by atoms with van der Waals surface area (Å²) < 4.78 is 31.6. The van der Waals surface area contributed by atoms with Gasteiger partial charge in [0, 0.05) is 15.2 Å². The van der Waals surface area contributed by atoms with E-state index in [0.717, 1.165) is 0 Å². The maximum Gasteiger partial charge on any atom is 0.414 e. The fourth-order valence-electron chi connectivity index (χ4n) is 1.05. The van der Waals surface area contributed by atoms with E-state index >= 15 is 0 Å². The minimum atomic E-state index is -1.86. The molecule has 0 N–H and O–H groups in total. The molecule has 1 atom stereocenters. The van der Waals surface area contributed by atoms with Crippen LogP contribution in [0.2, 0.25) is 25.7 Å². The Kier molecular flexibility index (Phi) is 3.06. The van der Waals surface area contributed by atoms with Crippen molar-refractivity contribution < 1.29 is 17.0 Å². The quantitative estimate of drug-likeness (QED) is 0.555. The average molecular weight is 248 g/mol. The molecule has 1 unspecified atom stereocenters. The Hall–Kier alpha value is -0.303. The third kappa shape index (κ3) is 3.93. The van der Waals surface area contributed by atoms with Crippen molar-refractivity contribution in [1.82, 2.24) is 0 Å². The second-order valence-corrected chi connectivity index (χ2v) is 10.9. The number of nitrogens with zero attached hydrogens (tertiary/aromatic N) is 2. The van der Waals surface area contributed by atoms with Gasteiger partial charge in [-0.15, -0.1) is 0 Å². The fourth-order valence-corrected chi connectivity index (χ4v) is 1.55. The lowest BCUT2D eigenvalue weighted by molar-refractivity contribution is -0.374. The summed E-state index contributed by atoms with van der Waals surface area (Å²) in [6, 6.07) is 0.324. The number of hydrogen-bond donors (Lipinski definition) is 0. The van der Waals surface area contributed by atoms with Crippen molar-refractivity contribution in [2.24, 2.45) is 10.2 Å². The SMILES string of the molecule is [2H]C([2H])(C[Si](C)(C)C)OC1(OC)N=NC(C)(C)O1. The normalized spacial score (nSPS) is 31.4. The number of azo groups is 1. The molecule has 16 heavy (non-hydrogen) atoms. The Morgan fingerprint density at radius 1 is 1.31 bits per heavy atom. The van der Waals surface area contributed by atoms with Gasteiger partial charge in [-0.1, -0.05) is 24.8 Å². The summed E-state index contributed by atoms with van der Waals surface area (Å²) in [4.78, 5) is 0. The van der Waals surface area contributed by atoms with E-state index in [1.54, 1.807) is 13.8 Å². The summed E-state index contributed by atoms with van der Waals surface area (Å²) >= 11 is 0. The largest absolute Gasteiger partial charge is 0.414 e. The van der Waals surface area contributed by atoms with E-state index in [1.807, 2.05) is 0 Å². The van der Waals surface area contributed by atoms with E-state index in [1.165, 1.54) is 7.11 Å². The molecule has 1 rings (SSSR count). The van der Waals surface area contributed by atoms with Crippen molar-refractivity contribution in [3.8, 4) is 0 Å². The standard InChI is InChI=1S/C10H22N2O3Si/c1-9(2)11-12-10(13-3,15-9)14-7-8-16(4,5)6/h7-8H2,1-6H3/i7D2. The van der Waals surface area contributed by atoms with Crippen molar-refractivity contribution in [2.45, 2.75) is 51.4 Å². The molecule has 1 heterocycles. The van der Waals surface area contributed by atoms with Crippen LogP contribution in [0.15, 0.2) is 10.2 Å². The molecule has 0 bridgehead atoms.